The van der Waals surface area contributed by atoms with Crippen LogP contribution in [0.2, 0.25) is 5.02 Å². The van der Waals surface area contributed by atoms with E-state index in [2.05, 4.69) is 4.99 Å². The average molecular weight is 424 g/mol. The molecule has 0 atom stereocenters. The maximum absolute atomic E-state index is 12.3. The van der Waals surface area contributed by atoms with Crippen LogP contribution in [0.1, 0.15) is 21.7 Å². The lowest BCUT2D eigenvalue weighted by molar-refractivity contribution is -0.130. The molecule has 1 aliphatic rings. The molecule has 0 amide bonds. The van der Waals surface area contributed by atoms with Gasteiger partial charge in [0.15, 0.2) is 23.0 Å². The van der Waals surface area contributed by atoms with E-state index in [1.54, 1.807) is 54.6 Å². The molecular formula is C22H14ClNO6. The first-order valence-electron chi connectivity index (χ1n) is 8.76. The lowest BCUT2D eigenvalue weighted by atomic mass is 10.1. The fourth-order valence-corrected chi connectivity index (χ4v) is 2.80. The third kappa shape index (κ3) is 4.11. The number of ether oxygens (including phenoxy) is 3. The van der Waals surface area contributed by atoms with Gasteiger partial charge < -0.3 is 18.6 Å². The van der Waals surface area contributed by atoms with E-state index in [1.165, 1.54) is 19.4 Å². The van der Waals surface area contributed by atoms with Gasteiger partial charge in [-0.1, -0.05) is 17.7 Å². The van der Waals surface area contributed by atoms with Crippen molar-refractivity contribution in [1.29, 1.82) is 0 Å². The number of carbonyl (C=O) groups excluding carboxylic acids is 2. The second-order valence-corrected chi connectivity index (χ2v) is 6.56. The Balaban J connectivity index is 1.56. The molecule has 0 fully saturated rings. The number of hydrogen-bond donors (Lipinski definition) is 0. The van der Waals surface area contributed by atoms with Crippen molar-refractivity contribution in [3.05, 3.63) is 88.5 Å². The Morgan fingerprint density at radius 2 is 1.90 bits per heavy atom. The van der Waals surface area contributed by atoms with Gasteiger partial charge >= 0.3 is 11.9 Å². The molecule has 0 unspecified atom stereocenters. The molecule has 2 aromatic carbocycles. The minimum atomic E-state index is -0.599. The number of cyclic esters (lactones) is 1. The van der Waals surface area contributed by atoms with Crippen LogP contribution in [0.5, 0.6) is 11.5 Å². The van der Waals surface area contributed by atoms with Gasteiger partial charge in [-0.2, -0.15) is 0 Å². The fourth-order valence-electron chi connectivity index (χ4n) is 2.68. The molecule has 0 radical (unpaired) electrons. The zero-order valence-corrected chi connectivity index (χ0v) is 16.4. The lowest BCUT2D eigenvalue weighted by Gasteiger charge is -2.10. The minimum absolute atomic E-state index is 0.0942. The number of aliphatic imine (C=N–C) groups is 1. The van der Waals surface area contributed by atoms with E-state index in [-0.39, 0.29) is 17.3 Å². The molecule has 30 heavy (non-hydrogen) atoms. The van der Waals surface area contributed by atoms with E-state index in [1.807, 2.05) is 0 Å². The standard InChI is InChI=1S/C22H14ClNO6/c1-27-19-12-13(11-16-22(26)30-20(24-16)18-3-2-10-28-18)4-9-17(19)29-21(25)14-5-7-15(23)8-6-14/h2-12H,1H3/b16-11-. The number of carbonyl (C=O) groups is 2. The second-order valence-electron chi connectivity index (χ2n) is 6.12. The van der Waals surface area contributed by atoms with Gasteiger partial charge in [0.2, 0.25) is 0 Å². The number of esters is 2. The number of rotatable bonds is 5. The number of benzene rings is 2. The first-order chi connectivity index (χ1) is 14.5. The summed E-state index contributed by atoms with van der Waals surface area (Å²) >= 11 is 5.83. The zero-order valence-electron chi connectivity index (χ0n) is 15.6. The van der Waals surface area contributed by atoms with Crippen molar-refractivity contribution in [3.63, 3.8) is 0 Å². The highest BCUT2D eigenvalue weighted by Gasteiger charge is 2.26. The normalized spacial score (nSPS) is 14.4. The predicted octanol–water partition coefficient (Wildman–Crippen LogP) is 4.51. The average Bonchev–Trinajstić information content (AvgIpc) is 3.40. The van der Waals surface area contributed by atoms with Crippen LogP contribution in [0.25, 0.3) is 6.08 Å². The topological polar surface area (TPSA) is 87.3 Å². The van der Waals surface area contributed by atoms with Crippen LogP contribution in [0.3, 0.4) is 0 Å². The summed E-state index contributed by atoms with van der Waals surface area (Å²) in [7, 11) is 1.45. The van der Waals surface area contributed by atoms with E-state index in [0.29, 0.717) is 27.7 Å². The number of methoxy groups -OCH3 is 1. The first-order valence-corrected chi connectivity index (χ1v) is 9.13. The van der Waals surface area contributed by atoms with Crippen molar-refractivity contribution < 1.29 is 28.2 Å². The molecule has 1 aliphatic heterocycles. The third-order valence-electron chi connectivity index (χ3n) is 4.13. The molecule has 0 saturated heterocycles. The SMILES string of the molecule is COc1cc(/C=C2\N=C(c3ccco3)OC2=O)ccc1OC(=O)c1ccc(Cl)cc1. The van der Waals surface area contributed by atoms with Crippen LogP contribution in [0, 0.1) is 0 Å². The molecule has 150 valence electrons. The number of halogens is 1. The summed E-state index contributed by atoms with van der Waals surface area (Å²) in [6.45, 7) is 0. The Labute approximate surface area is 176 Å². The summed E-state index contributed by atoms with van der Waals surface area (Å²) in [5, 5.41) is 0.518. The summed E-state index contributed by atoms with van der Waals surface area (Å²) in [4.78, 5) is 28.6. The van der Waals surface area contributed by atoms with Crippen LogP contribution in [0.15, 0.2) is 76.0 Å². The van der Waals surface area contributed by atoms with E-state index < -0.39 is 11.9 Å². The molecular weight excluding hydrogens is 410 g/mol. The third-order valence-corrected chi connectivity index (χ3v) is 4.38. The maximum atomic E-state index is 12.3. The van der Waals surface area contributed by atoms with Crippen LogP contribution in [-0.4, -0.2) is 24.9 Å². The fraction of sp³-hybridized carbons (Fsp3) is 0.0455. The second kappa shape index (κ2) is 8.26. The number of hydrogen-bond acceptors (Lipinski definition) is 7. The highest BCUT2D eigenvalue weighted by atomic mass is 35.5. The van der Waals surface area contributed by atoms with Crippen molar-refractivity contribution in [2.45, 2.75) is 0 Å². The molecule has 8 heteroatoms. The summed E-state index contributed by atoms with van der Waals surface area (Å²) < 4.78 is 21.0. The van der Waals surface area contributed by atoms with Gasteiger partial charge in [-0.25, -0.2) is 14.6 Å². The summed E-state index contributed by atoms with van der Waals surface area (Å²) in [6, 6.07) is 14.5. The first kappa shape index (κ1) is 19.5. The smallest absolute Gasteiger partial charge is 0.363 e. The molecule has 7 nitrogen and oxygen atoms in total. The predicted molar refractivity (Wildman–Crippen MR) is 109 cm³/mol. The van der Waals surface area contributed by atoms with Crippen molar-refractivity contribution >= 4 is 35.5 Å². The maximum Gasteiger partial charge on any atom is 0.363 e. The molecule has 1 aromatic heterocycles. The Hall–Kier alpha value is -3.84. The van der Waals surface area contributed by atoms with Gasteiger partial charge in [0.1, 0.15) is 0 Å². The quantitative estimate of drug-likeness (QED) is 0.341. The van der Waals surface area contributed by atoms with Crippen LogP contribution in [-0.2, 0) is 9.53 Å². The van der Waals surface area contributed by atoms with Crippen molar-refractivity contribution in [3.8, 4) is 11.5 Å². The zero-order chi connectivity index (χ0) is 21.1. The van der Waals surface area contributed by atoms with Crippen molar-refractivity contribution in [2.75, 3.05) is 7.11 Å². The van der Waals surface area contributed by atoms with E-state index >= 15 is 0 Å². The van der Waals surface area contributed by atoms with Crippen molar-refractivity contribution in [2.24, 2.45) is 4.99 Å². The minimum Gasteiger partial charge on any atom is -0.493 e. The molecule has 0 N–H and O–H groups in total. The van der Waals surface area contributed by atoms with E-state index in [9.17, 15) is 9.59 Å². The van der Waals surface area contributed by atoms with Crippen LogP contribution < -0.4 is 9.47 Å². The van der Waals surface area contributed by atoms with Crippen molar-refractivity contribution in [1.82, 2.24) is 0 Å². The van der Waals surface area contributed by atoms with Crippen LogP contribution in [0.4, 0.5) is 0 Å². The largest absolute Gasteiger partial charge is 0.493 e. The highest BCUT2D eigenvalue weighted by Crippen LogP contribution is 2.30. The molecule has 3 aromatic rings. The highest BCUT2D eigenvalue weighted by molar-refractivity contribution is 6.30. The summed E-state index contributed by atoms with van der Waals surface area (Å²) in [5.74, 6) is -0.158. The van der Waals surface area contributed by atoms with Gasteiger partial charge in [-0.05, 0) is 60.2 Å². The Morgan fingerprint density at radius 3 is 2.60 bits per heavy atom. The van der Waals surface area contributed by atoms with E-state index in [4.69, 9.17) is 30.2 Å². The van der Waals surface area contributed by atoms with Gasteiger partial charge in [0.25, 0.3) is 5.90 Å². The monoisotopic (exact) mass is 423 g/mol. The molecule has 0 saturated carbocycles. The number of nitrogens with zero attached hydrogens (tertiary/aromatic N) is 1. The van der Waals surface area contributed by atoms with Gasteiger partial charge in [0, 0.05) is 5.02 Å². The van der Waals surface area contributed by atoms with Gasteiger partial charge in [0.05, 0.1) is 18.9 Å². The Kier molecular flexibility index (Phi) is 5.36. The number of furan rings is 1. The van der Waals surface area contributed by atoms with E-state index in [0.717, 1.165) is 0 Å². The summed E-state index contributed by atoms with van der Waals surface area (Å²) in [5.41, 5.74) is 1.06. The summed E-state index contributed by atoms with van der Waals surface area (Å²) in [6.07, 6.45) is 2.99. The van der Waals surface area contributed by atoms with Gasteiger partial charge in [-0.15, -0.1) is 0 Å². The van der Waals surface area contributed by atoms with Gasteiger partial charge in [-0.3, -0.25) is 0 Å². The molecule has 0 bridgehead atoms. The Morgan fingerprint density at radius 1 is 1.10 bits per heavy atom. The molecule has 0 aliphatic carbocycles. The molecule has 2 heterocycles. The lowest BCUT2D eigenvalue weighted by Crippen LogP contribution is -2.09. The Bertz CT molecular complexity index is 1160. The molecule has 4 rings (SSSR count). The molecule has 0 spiro atoms. The van der Waals surface area contributed by atoms with Crippen LogP contribution >= 0.6 is 11.6 Å².